The van der Waals surface area contributed by atoms with Gasteiger partial charge in [0.25, 0.3) is 0 Å². The third-order valence-corrected chi connectivity index (χ3v) is 4.83. The molecule has 0 aromatic heterocycles. The van der Waals surface area contributed by atoms with E-state index in [1.54, 1.807) is 25.1 Å². The van der Waals surface area contributed by atoms with Gasteiger partial charge in [0.2, 0.25) is 0 Å². The van der Waals surface area contributed by atoms with Gasteiger partial charge in [-0.2, -0.15) is 0 Å². The predicted molar refractivity (Wildman–Crippen MR) is 71.1 cm³/mol. The lowest BCUT2D eigenvalue weighted by Gasteiger charge is -2.14. The lowest BCUT2D eigenvalue weighted by atomic mass is 10.1. The van der Waals surface area contributed by atoms with Crippen LogP contribution in [0.15, 0.2) is 23.1 Å². The van der Waals surface area contributed by atoms with Crippen LogP contribution in [0.5, 0.6) is 0 Å². The van der Waals surface area contributed by atoms with Crippen molar-refractivity contribution in [1.82, 2.24) is 0 Å². The van der Waals surface area contributed by atoms with E-state index >= 15 is 0 Å². The zero-order valence-corrected chi connectivity index (χ0v) is 11.2. The predicted octanol–water partition coefficient (Wildman–Crippen LogP) is 1.92. The van der Waals surface area contributed by atoms with E-state index in [4.69, 9.17) is 0 Å². The van der Waals surface area contributed by atoms with Crippen LogP contribution in [-0.4, -0.2) is 25.3 Å². The molecule has 0 saturated heterocycles. The number of aliphatic hydroxyl groups excluding tert-OH is 1. The molecule has 1 fully saturated rings. The molecule has 1 unspecified atom stereocenters. The fraction of sp³-hybridized carbons (Fsp3) is 0.462. The minimum Gasteiger partial charge on any atom is -0.388 e. The Kier molecular flexibility index (Phi) is 3.64. The van der Waals surface area contributed by atoms with Gasteiger partial charge in [-0.3, -0.25) is 0 Å². The van der Waals surface area contributed by atoms with Crippen molar-refractivity contribution in [3.8, 4) is 0 Å². The van der Waals surface area contributed by atoms with Crippen LogP contribution in [-0.2, 0) is 9.84 Å². The van der Waals surface area contributed by atoms with Crippen molar-refractivity contribution < 1.29 is 13.5 Å². The van der Waals surface area contributed by atoms with Gasteiger partial charge in [-0.1, -0.05) is 6.92 Å². The van der Waals surface area contributed by atoms with Crippen LogP contribution < -0.4 is 5.32 Å². The van der Waals surface area contributed by atoms with E-state index in [0.717, 1.165) is 18.5 Å². The van der Waals surface area contributed by atoms with Crippen LogP contribution in [0.2, 0.25) is 0 Å². The Morgan fingerprint density at radius 3 is 2.67 bits per heavy atom. The molecule has 99 valence electrons. The summed E-state index contributed by atoms with van der Waals surface area (Å²) in [6.45, 7) is 5.10. The van der Waals surface area contributed by atoms with Crippen LogP contribution in [0.25, 0.3) is 0 Å². The van der Waals surface area contributed by atoms with Crippen LogP contribution in [0.1, 0.15) is 31.4 Å². The molecule has 4 nitrogen and oxygen atoms in total. The monoisotopic (exact) mass is 268 g/mol. The Morgan fingerprint density at radius 1 is 1.50 bits per heavy atom. The van der Waals surface area contributed by atoms with E-state index in [-0.39, 0.29) is 10.6 Å². The standard InChI is InChI=1S/C13H18NO3S/c1-3-18(16,17)13-7-6-11(14-10-4-5-10)8-12(13)9(2)15/h6-10,14-15H,2-5H2,1H3. The Hall–Kier alpha value is -1.07. The number of anilines is 1. The van der Waals surface area contributed by atoms with Gasteiger partial charge in [-0.05, 0) is 38.0 Å². The SMILES string of the molecule is [CH2]C(O)c1cc(NC2CC2)ccc1S(=O)(=O)CC. The van der Waals surface area contributed by atoms with Gasteiger partial charge in [0, 0.05) is 17.3 Å². The first-order valence-corrected chi connectivity index (χ1v) is 7.73. The molecule has 5 heteroatoms. The quantitative estimate of drug-likeness (QED) is 0.856. The second-order valence-electron chi connectivity index (χ2n) is 4.59. The Balaban J connectivity index is 2.40. The molecule has 1 aromatic carbocycles. The smallest absolute Gasteiger partial charge is 0.178 e. The largest absolute Gasteiger partial charge is 0.388 e. The van der Waals surface area contributed by atoms with E-state index < -0.39 is 15.9 Å². The Morgan fingerprint density at radius 2 is 2.17 bits per heavy atom. The summed E-state index contributed by atoms with van der Waals surface area (Å²) in [6, 6.07) is 5.45. The van der Waals surface area contributed by atoms with Crippen molar-refractivity contribution in [2.24, 2.45) is 0 Å². The van der Waals surface area contributed by atoms with Gasteiger partial charge in [-0.25, -0.2) is 8.42 Å². The molecule has 0 aliphatic heterocycles. The van der Waals surface area contributed by atoms with Crippen LogP contribution in [0.3, 0.4) is 0 Å². The minimum absolute atomic E-state index is 0.0160. The van der Waals surface area contributed by atoms with E-state index in [2.05, 4.69) is 12.2 Å². The van der Waals surface area contributed by atoms with Crippen molar-refractivity contribution >= 4 is 15.5 Å². The Labute approximate surface area is 108 Å². The zero-order chi connectivity index (χ0) is 13.3. The maximum Gasteiger partial charge on any atom is 0.178 e. The summed E-state index contributed by atoms with van der Waals surface area (Å²) in [6.07, 6.45) is 1.23. The van der Waals surface area contributed by atoms with Crippen LogP contribution >= 0.6 is 0 Å². The molecular weight excluding hydrogens is 250 g/mol. The number of benzene rings is 1. The third-order valence-electron chi connectivity index (χ3n) is 3.03. The summed E-state index contributed by atoms with van der Waals surface area (Å²) < 4.78 is 23.8. The van der Waals surface area contributed by atoms with Crippen molar-refractivity contribution in [2.45, 2.75) is 36.8 Å². The molecule has 2 rings (SSSR count). The average Bonchev–Trinajstić information content (AvgIpc) is 3.12. The first-order chi connectivity index (χ1) is 8.44. The molecule has 0 bridgehead atoms. The van der Waals surface area contributed by atoms with Crippen molar-refractivity contribution in [2.75, 3.05) is 11.1 Å². The highest BCUT2D eigenvalue weighted by Gasteiger charge is 2.23. The number of hydrogen-bond donors (Lipinski definition) is 2. The number of nitrogens with one attached hydrogen (secondary N) is 1. The minimum atomic E-state index is -3.33. The summed E-state index contributed by atoms with van der Waals surface area (Å²) in [5, 5.41) is 12.9. The van der Waals surface area contributed by atoms with Gasteiger partial charge in [0.15, 0.2) is 9.84 Å². The fourth-order valence-electron chi connectivity index (χ4n) is 1.80. The van der Waals surface area contributed by atoms with Crippen LogP contribution in [0.4, 0.5) is 5.69 Å². The summed E-state index contributed by atoms with van der Waals surface area (Å²) in [5.74, 6) is 0.0160. The van der Waals surface area contributed by atoms with Gasteiger partial charge >= 0.3 is 0 Å². The lowest BCUT2D eigenvalue weighted by molar-refractivity contribution is 0.223. The number of sulfone groups is 1. The first kappa shape index (κ1) is 13.4. The molecule has 1 saturated carbocycles. The topological polar surface area (TPSA) is 66.4 Å². The molecular formula is C13H18NO3S. The van der Waals surface area contributed by atoms with Crippen LogP contribution in [0, 0.1) is 6.92 Å². The van der Waals surface area contributed by atoms with Crippen molar-refractivity contribution in [1.29, 1.82) is 0 Å². The molecule has 1 aliphatic carbocycles. The molecule has 2 N–H and O–H groups in total. The molecule has 1 atom stereocenters. The number of rotatable bonds is 5. The highest BCUT2D eigenvalue weighted by atomic mass is 32.2. The number of hydrogen-bond acceptors (Lipinski definition) is 4. The second-order valence-corrected chi connectivity index (χ2v) is 6.84. The highest BCUT2D eigenvalue weighted by Crippen LogP contribution is 2.30. The van der Waals surface area contributed by atoms with Crippen molar-refractivity contribution in [3.05, 3.63) is 30.7 Å². The Bertz CT molecular complexity index is 533. The molecule has 0 spiro atoms. The summed E-state index contributed by atoms with van der Waals surface area (Å²) in [5.41, 5.74) is 1.20. The molecule has 0 amide bonds. The molecule has 1 aromatic rings. The molecule has 18 heavy (non-hydrogen) atoms. The van der Waals surface area contributed by atoms with Gasteiger partial charge in [0.1, 0.15) is 0 Å². The van der Waals surface area contributed by atoms with Gasteiger partial charge < -0.3 is 10.4 Å². The maximum atomic E-state index is 11.9. The molecule has 1 radical (unpaired) electrons. The van der Waals surface area contributed by atoms with Crippen molar-refractivity contribution in [3.63, 3.8) is 0 Å². The first-order valence-electron chi connectivity index (χ1n) is 6.08. The number of aliphatic hydroxyl groups is 1. The summed E-state index contributed by atoms with van der Waals surface area (Å²) >= 11 is 0. The molecule has 1 aliphatic rings. The highest BCUT2D eigenvalue weighted by molar-refractivity contribution is 7.91. The molecule has 0 heterocycles. The second kappa shape index (κ2) is 4.90. The van der Waals surface area contributed by atoms with Gasteiger partial charge in [-0.15, -0.1) is 0 Å². The van der Waals surface area contributed by atoms with E-state index in [9.17, 15) is 13.5 Å². The van der Waals surface area contributed by atoms with E-state index in [0.29, 0.717) is 11.6 Å². The third kappa shape index (κ3) is 2.84. The zero-order valence-electron chi connectivity index (χ0n) is 10.4. The van der Waals surface area contributed by atoms with E-state index in [1.807, 2.05) is 0 Å². The maximum absolute atomic E-state index is 11.9. The fourth-order valence-corrected chi connectivity index (χ4v) is 2.94. The lowest BCUT2D eigenvalue weighted by Crippen LogP contribution is -2.10. The summed E-state index contributed by atoms with van der Waals surface area (Å²) in [7, 11) is -3.33. The average molecular weight is 268 g/mol. The van der Waals surface area contributed by atoms with E-state index in [1.165, 1.54) is 0 Å². The normalized spacial score (nSPS) is 17.5. The van der Waals surface area contributed by atoms with Gasteiger partial charge in [0.05, 0.1) is 16.8 Å². The summed E-state index contributed by atoms with van der Waals surface area (Å²) in [4.78, 5) is 0.175.